The number of rotatable bonds is 2. The Morgan fingerprint density at radius 3 is 1.33 bits per heavy atom. The van der Waals surface area contributed by atoms with Gasteiger partial charge in [0.15, 0.2) is 0 Å². The van der Waals surface area contributed by atoms with Crippen molar-refractivity contribution in [1.82, 2.24) is 0 Å². The maximum absolute atomic E-state index is 7.97. The SMILES string of the molecule is N=C(c1ccccc1)c1ccccc1.[Ni]. The van der Waals surface area contributed by atoms with E-state index in [0.29, 0.717) is 5.71 Å². The monoisotopic (exact) mass is 239 g/mol. The fraction of sp³-hybridized carbons (Fsp3) is 0. The van der Waals surface area contributed by atoms with E-state index in [4.69, 9.17) is 5.41 Å². The summed E-state index contributed by atoms with van der Waals surface area (Å²) in [6.45, 7) is 0. The Morgan fingerprint density at radius 2 is 1.00 bits per heavy atom. The second kappa shape index (κ2) is 5.48. The van der Waals surface area contributed by atoms with Crippen LogP contribution in [0.15, 0.2) is 60.7 Å². The summed E-state index contributed by atoms with van der Waals surface area (Å²) in [5.41, 5.74) is 2.49. The van der Waals surface area contributed by atoms with Crippen molar-refractivity contribution in [3.8, 4) is 0 Å². The van der Waals surface area contributed by atoms with Gasteiger partial charge >= 0.3 is 0 Å². The molecule has 0 heterocycles. The van der Waals surface area contributed by atoms with Crippen LogP contribution in [-0.2, 0) is 16.5 Å². The van der Waals surface area contributed by atoms with E-state index < -0.39 is 0 Å². The molecule has 0 aliphatic heterocycles. The summed E-state index contributed by atoms with van der Waals surface area (Å²) in [5.74, 6) is 0. The van der Waals surface area contributed by atoms with E-state index >= 15 is 0 Å². The molecule has 78 valence electrons. The molecule has 1 N–H and O–H groups in total. The van der Waals surface area contributed by atoms with Gasteiger partial charge in [0.2, 0.25) is 0 Å². The Balaban J connectivity index is 0.00000112. The van der Waals surface area contributed by atoms with Crippen LogP contribution >= 0.6 is 0 Å². The van der Waals surface area contributed by atoms with Crippen LogP contribution in [0.25, 0.3) is 0 Å². The quantitative estimate of drug-likeness (QED) is 0.615. The minimum atomic E-state index is 0. The van der Waals surface area contributed by atoms with Crippen LogP contribution in [0.2, 0.25) is 0 Å². The fourth-order valence-electron chi connectivity index (χ4n) is 1.38. The maximum Gasteiger partial charge on any atom is 0.0684 e. The molecule has 0 amide bonds. The molecule has 0 saturated heterocycles. The average Bonchev–Trinajstić information content (AvgIpc) is 2.30. The zero-order valence-electron chi connectivity index (χ0n) is 8.09. The van der Waals surface area contributed by atoms with E-state index in [1.807, 2.05) is 60.7 Å². The first-order valence-corrected chi connectivity index (χ1v) is 4.57. The third-order valence-electron chi connectivity index (χ3n) is 2.12. The zero-order valence-corrected chi connectivity index (χ0v) is 9.08. The number of benzene rings is 2. The molecular formula is C13H11NNi. The summed E-state index contributed by atoms with van der Waals surface area (Å²) in [4.78, 5) is 0. The number of hydrogen-bond acceptors (Lipinski definition) is 1. The maximum atomic E-state index is 7.97. The summed E-state index contributed by atoms with van der Waals surface area (Å²) >= 11 is 0. The van der Waals surface area contributed by atoms with Gasteiger partial charge in [-0.05, 0) is 11.1 Å². The van der Waals surface area contributed by atoms with Crippen LogP contribution in [0.1, 0.15) is 11.1 Å². The second-order valence-corrected chi connectivity index (χ2v) is 3.11. The molecule has 0 unspecified atom stereocenters. The van der Waals surface area contributed by atoms with Crippen LogP contribution in [0, 0.1) is 5.41 Å². The van der Waals surface area contributed by atoms with Crippen molar-refractivity contribution in [2.75, 3.05) is 0 Å². The van der Waals surface area contributed by atoms with Crippen LogP contribution in [0.5, 0.6) is 0 Å². The molecule has 0 fully saturated rings. The molecule has 15 heavy (non-hydrogen) atoms. The minimum Gasteiger partial charge on any atom is -0.300 e. The Kier molecular flexibility index (Phi) is 4.26. The van der Waals surface area contributed by atoms with E-state index in [-0.39, 0.29) is 16.5 Å². The molecule has 0 bridgehead atoms. The van der Waals surface area contributed by atoms with Gasteiger partial charge in [0.1, 0.15) is 0 Å². The topological polar surface area (TPSA) is 23.9 Å². The van der Waals surface area contributed by atoms with Gasteiger partial charge in [-0.3, -0.25) is 5.41 Å². The predicted octanol–water partition coefficient (Wildman–Crippen LogP) is 3.10. The van der Waals surface area contributed by atoms with Crippen molar-refractivity contribution in [3.63, 3.8) is 0 Å². The van der Waals surface area contributed by atoms with Crippen molar-refractivity contribution in [2.45, 2.75) is 0 Å². The third kappa shape index (κ3) is 2.77. The molecule has 2 aromatic rings. The van der Waals surface area contributed by atoms with Gasteiger partial charge in [-0.1, -0.05) is 60.7 Å². The van der Waals surface area contributed by atoms with E-state index in [1.165, 1.54) is 0 Å². The van der Waals surface area contributed by atoms with E-state index in [1.54, 1.807) is 0 Å². The predicted molar refractivity (Wildman–Crippen MR) is 58.8 cm³/mol. The molecule has 0 spiro atoms. The average molecular weight is 240 g/mol. The normalized spacial score (nSPS) is 9.07. The van der Waals surface area contributed by atoms with Gasteiger partial charge in [0, 0.05) is 16.5 Å². The summed E-state index contributed by atoms with van der Waals surface area (Å²) in [6, 6.07) is 19.5. The zero-order chi connectivity index (χ0) is 9.80. The molecule has 0 radical (unpaired) electrons. The first-order valence-electron chi connectivity index (χ1n) is 4.57. The molecule has 2 rings (SSSR count). The van der Waals surface area contributed by atoms with Gasteiger partial charge in [-0.25, -0.2) is 0 Å². The minimum absolute atomic E-state index is 0. The van der Waals surface area contributed by atoms with Gasteiger partial charge in [-0.2, -0.15) is 0 Å². The van der Waals surface area contributed by atoms with Gasteiger partial charge < -0.3 is 0 Å². The Bertz CT molecular complexity index is 381. The standard InChI is InChI=1S/C13H11N.Ni/c14-13(11-7-3-1-4-8-11)12-9-5-2-6-10-12;/h1-10,14H;. The van der Waals surface area contributed by atoms with Crippen molar-refractivity contribution >= 4 is 5.71 Å². The number of nitrogens with one attached hydrogen (secondary N) is 1. The molecular weight excluding hydrogens is 229 g/mol. The smallest absolute Gasteiger partial charge is 0.0684 e. The Hall–Kier alpha value is -1.40. The van der Waals surface area contributed by atoms with Crippen LogP contribution in [0.4, 0.5) is 0 Å². The molecule has 1 nitrogen and oxygen atoms in total. The fourth-order valence-corrected chi connectivity index (χ4v) is 1.38. The third-order valence-corrected chi connectivity index (χ3v) is 2.12. The second-order valence-electron chi connectivity index (χ2n) is 3.11. The Morgan fingerprint density at radius 1 is 0.667 bits per heavy atom. The van der Waals surface area contributed by atoms with Gasteiger partial charge in [0.25, 0.3) is 0 Å². The molecule has 0 aliphatic carbocycles. The van der Waals surface area contributed by atoms with E-state index in [2.05, 4.69) is 0 Å². The Labute approximate surface area is 99.6 Å². The molecule has 0 atom stereocenters. The van der Waals surface area contributed by atoms with Crippen LogP contribution < -0.4 is 0 Å². The number of hydrogen-bond donors (Lipinski definition) is 1. The largest absolute Gasteiger partial charge is 0.300 e. The molecule has 2 heteroatoms. The van der Waals surface area contributed by atoms with Gasteiger partial charge in [0.05, 0.1) is 5.71 Å². The molecule has 0 saturated carbocycles. The van der Waals surface area contributed by atoms with Crippen molar-refractivity contribution in [3.05, 3.63) is 71.8 Å². The van der Waals surface area contributed by atoms with Crippen molar-refractivity contribution in [1.29, 1.82) is 5.41 Å². The van der Waals surface area contributed by atoms with Crippen molar-refractivity contribution in [2.24, 2.45) is 0 Å². The van der Waals surface area contributed by atoms with E-state index in [9.17, 15) is 0 Å². The first kappa shape index (κ1) is 11.7. The van der Waals surface area contributed by atoms with Gasteiger partial charge in [-0.15, -0.1) is 0 Å². The summed E-state index contributed by atoms with van der Waals surface area (Å²) in [7, 11) is 0. The van der Waals surface area contributed by atoms with E-state index in [0.717, 1.165) is 11.1 Å². The summed E-state index contributed by atoms with van der Waals surface area (Å²) < 4.78 is 0. The molecule has 0 aliphatic rings. The van der Waals surface area contributed by atoms with Crippen molar-refractivity contribution < 1.29 is 16.5 Å². The molecule has 2 aromatic carbocycles. The van der Waals surface area contributed by atoms with Crippen LogP contribution in [-0.4, -0.2) is 5.71 Å². The summed E-state index contributed by atoms with van der Waals surface area (Å²) in [5, 5.41) is 7.97. The van der Waals surface area contributed by atoms with Crippen LogP contribution in [0.3, 0.4) is 0 Å². The summed E-state index contributed by atoms with van der Waals surface area (Å²) in [6.07, 6.45) is 0. The first-order chi connectivity index (χ1) is 6.88. The molecule has 0 aromatic heterocycles.